The fraction of sp³-hybridized carbons (Fsp3) is 0. The third kappa shape index (κ3) is 6.43. The minimum atomic E-state index is -4.69. The monoisotopic (exact) mass is 460 g/mol. The Morgan fingerprint density at radius 1 is 1.04 bits per heavy atom. The molecule has 0 aliphatic heterocycles. The SMILES string of the molecule is O=C(O)c1c[c-]cc2c1-c1ccc(S(=O)(=O)[O-])cc1C2=O.O=S(=O)=O.[K+].[K+]. The second-order valence-electron chi connectivity index (χ2n) is 4.66. The topological polar surface area (TPSA) is 163 Å². The number of fused-ring (bicyclic) bond motifs is 3. The van der Waals surface area contributed by atoms with Crippen molar-refractivity contribution < 1.29 is 143 Å². The van der Waals surface area contributed by atoms with Crippen molar-refractivity contribution in [3.05, 3.63) is 53.1 Å². The largest absolute Gasteiger partial charge is 1.00 e. The molecule has 9 nitrogen and oxygen atoms in total. The Hall–Kier alpha value is 0.383. The third-order valence-electron chi connectivity index (χ3n) is 3.26. The Bertz CT molecular complexity index is 1120. The van der Waals surface area contributed by atoms with Crippen molar-refractivity contribution in [2.24, 2.45) is 0 Å². The molecule has 13 heteroatoms. The molecule has 0 spiro atoms. The quantitative estimate of drug-likeness (QED) is 0.223. The van der Waals surface area contributed by atoms with Crippen molar-refractivity contribution in [3.63, 3.8) is 0 Å². The van der Waals surface area contributed by atoms with Gasteiger partial charge in [-0.3, -0.25) is 4.79 Å². The summed E-state index contributed by atoms with van der Waals surface area (Å²) in [4.78, 5) is 22.9. The van der Waals surface area contributed by atoms with Crippen LogP contribution in [0.1, 0.15) is 26.3 Å². The van der Waals surface area contributed by atoms with Gasteiger partial charge in [-0.15, -0.1) is 18.2 Å². The average molecular weight is 461 g/mol. The molecule has 0 saturated carbocycles. The van der Waals surface area contributed by atoms with E-state index in [0.717, 1.165) is 12.1 Å². The summed E-state index contributed by atoms with van der Waals surface area (Å²) in [6.45, 7) is 0. The molecule has 0 bridgehead atoms. The first-order valence-corrected chi connectivity index (χ1v) is 8.64. The van der Waals surface area contributed by atoms with Crippen molar-refractivity contribution in [2.45, 2.75) is 4.90 Å². The van der Waals surface area contributed by atoms with E-state index in [1.165, 1.54) is 18.2 Å². The smallest absolute Gasteiger partial charge is 0.744 e. The number of ketones is 1. The van der Waals surface area contributed by atoms with Crippen LogP contribution < -0.4 is 103 Å². The first-order valence-electron chi connectivity index (χ1n) is 6.23. The van der Waals surface area contributed by atoms with Gasteiger partial charge in [0.2, 0.25) is 0 Å². The van der Waals surface area contributed by atoms with Crippen LogP contribution in [0.25, 0.3) is 11.1 Å². The van der Waals surface area contributed by atoms with E-state index in [2.05, 4.69) is 6.07 Å². The van der Waals surface area contributed by atoms with E-state index in [0.29, 0.717) is 5.56 Å². The van der Waals surface area contributed by atoms with Gasteiger partial charge in [0.25, 0.3) is 5.97 Å². The van der Waals surface area contributed by atoms with Crippen molar-refractivity contribution in [2.75, 3.05) is 0 Å². The zero-order valence-corrected chi connectivity index (χ0v) is 21.8. The second-order valence-corrected chi connectivity index (χ2v) is 6.45. The van der Waals surface area contributed by atoms with Gasteiger partial charge in [0.1, 0.15) is 15.9 Å². The fourth-order valence-corrected chi connectivity index (χ4v) is 2.86. The summed E-state index contributed by atoms with van der Waals surface area (Å²) in [6, 6.07) is 8.47. The summed E-state index contributed by atoms with van der Waals surface area (Å²) < 4.78 is 58.4. The van der Waals surface area contributed by atoms with E-state index < -0.39 is 37.4 Å². The number of aromatic carboxylic acids is 1. The second kappa shape index (κ2) is 11.0. The Kier molecular flexibility index (Phi) is 11.1. The maximum atomic E-state index is 12.2. The van der Waals surface area contributed by atoms with E-state index >= 15 is 0 Å². The van der Waals surface area contributed by atoms with Crippen LogP contribution in [0.3, 0.4) is 0 Å². The maximum Gasteiger partial charge on any atom is 1.00 e. The van der Waals surface area contributed by atoms with E-state index in [9.17, 15) is 22.6 Å². The maximum absolute atomic E-state index is 12.2. The van der Waals surface area contributed by atoms with Gasteiger partial charge in [-0.05, 0) is 23.3 Å². The molecular weight excluding hydrogens is 454 g/mol. The predicted octanol–water partition coefficient (Wildman–Crippen LogP) is -5.70. The van der Waals surface area contributed by atoms with Gasteiger partial charge in [-0.25, -0.2) is 8.42 Å². The fourth-order valence-electron chi connectivity index (χ4n) is 2.37. The molecule has 0 unspecified atom stereocenters. The summed E-state index contributed by atoms with van der Waals surface area (Å²) in [7, 11) is -7.80. The molecule has 1 aliphatic carbocycles. The van der Waals surface area contributed by atoms with Gasteiger partial charge in [-0.2, -0.15) is 18.2 Å². The molecular formula is C14H6K2O9S2. The van der Waals surface area contributed by atoms with Crippen LogP contribution >= 0.6 is 0 Å². The van der Waals surface area contributed by atoms with Crippen molar-refractivity contribution >= 4 is 32.5 Å². The number of hydrogen-bond donors (Lipinski definition) is 1. The summed E-state index contributed by atoms with van der Waals surface area (Å²) >= 11 is 0. The summed E-state index contributed by atoms with van der Waals surface area (Å²) in [5, 5.41) is 9.17. The Morgan fingerprint density at radius 2 is 1.59 bits per heavy atom. The van der Waals surface area contributed by atoms with Crippen LogP contribution in [0, 0.1) is 6.07 Å². The standard InChI is InChI=1S/C14H7O6S.2K.O3S/c15-13-9-2-1-3-10(14(16)17)12(9)8-5-4-7(6-11(8)13)21(18,19)20;;;1-4(2)3/h2-6H,(H,16,17)(H,18,19,20);;;/q-1;2*+1;/p-1. The predicted molar refractivity (Wildman–Crippen MR) is 78.8 cm³/mol. The molecule has 0 amide bonds. The number of carbonyl (C=O) groups is 2. The number of carboxylic acid groups (broad SMARTS) is 1. The average Bonchev–Trinajstić information content (AvgIpc) is 2.79. The van der Waals surface area contributed by atoms with Crippen molar-refractivity contribution in [1.29, 1.82) is 0 Å². The van der Waals surface area contributed by atoms with E-state index in [4.69, 9.17) is 17.7 Å². The molecule has 1 aliphatic rings. The normalized spacial score (nSPS) is 10.9. The Morgan fingerprint density at radius 3 is 2.07 bits per heavy atom. The summed E-state index contributed by atoms with van der Waals surface area (Å²) in [5.41, 5.74) is 0.552. The molecule has 0 radical (unpaired) electrons. The van der Waals surface area contributed by atoms with Gasteiger partial charge in [0.05, 0.1) is 4.90 Å². The van der Waals surface area contributed by atoms with Crippen LogP contribution in [0.4, 0.5) is 0 Å². The molecule has 130 valence electrons. The van der Waals surface area contributed by atoms with Gasteiger partial charge in [0, 0.05) is 5.56 Å². The zero-order chi connectivity index (χ0) is 18.9. The van der Waals surface area contributed by atoms with E-state index in [-0.39, 0.29) is 125 Å². The van der Waals surface area contributed by atoms with Gasteiger partial charge in [-0.1, -0.05) is 11.6 Å². The van der Waals surface area contributed by atoms with E-state index in [1.807, 2.05) is 0 Å². The first kappa shape index (κ1) is 27.4. The number of carbonyl (C=O) groups excluding carboxylic acids is 1. The van der Waals surface area contributed by atoms with Gasteiger partial charge in [0.15, 0.2) is 0 Å². The molecule has 3 rings (SSSR count). The molecule has 0 atom stereocenters. The van der Waals surface area contributed by atoms with Crippen LogP contribution in [0.5, 0.6) is 0 Å². The molecule has 0 aromatic heterocycles. The van der Waals surface area contributed by atoms with Crippen LogP contribution in [-0.2, 0) is 20.7 Å². The first-order chi connectivity index (χ1) is 11.5. The number of hydrogen-bond acceptors (Lipinski definition) is 8. The van der Waals surface area contributed by atoms with Crippen LogP contribution in [0.2, 0.25) is 0 Å². The molecule has 0 saturated heterocycles. The third-order valence-corrected chi connectivity index (χ3v) is 4.09. The van der Waals surface area contributed by atoms with Gasteiger partial charge < -0.3 is 14.5 Å². The number of rotatable bonds is 2. The Labute approximate surface area is 240 Å². The molecule has 2 aromatic carbocycles. The Balaban J connectivity index is 0.00000103. The summed E-state index contributed by atoms with van der Waals surface area (Å²) in [5.74, 6) is -1.74. The molecule has 0 heterocycles. The molecule has 27 heavy (non-hydrogen) atoms. The van der Waals surface area contributed by atoms with Crippen LogP contribution in [0.15, 0.2) is 35.2 Å². The zero-order valence-electron chi connectivity index (χ0n) is 13.9. The number of benzene rings is 2. The minimum Gasteiger partial charge on any atom is -0.744 e. The van der Waals surface area contributed by atoms with Crippen molar-refractivity contribution in [1.82, 2.24) is 0 Å². The molecule has 0 fully saturated rings. The van der Waals surface area contributed by atoms with E-state index in [1.54, 1.807) is 0 Å². The van der Waals surface area contributed by atoms with Gasteiger partial charge >= 0.3 is 113 Å². The van der Waals surface area contributed by atoms with Crippen LogP contribution in [-0.4, -0.2) is 42.5 Å². The van der Waals surface area contributed by atoms with Crippen molar-refractivity contribution in [3.8, 4) is 11.1 Å². The summed E-state index contributed by atoms with van der Waals surface area (Å²) in [6.07, 6.45) is 0. The molecule has 1 N–H and O–H groups in total. The minimum absolute atomic E-state index is 0. The molecule has 2 aromatic rings. The number of carboxylic acids is 1.